The Morgan fingerprint density at radius 1 is 1.20 bits per heavy atom. The van der Waals surface area contributed by atoms with Crippen molar-refractivity contribution in [1.29, 1.82) is 0 Å². The van der Waals surface area contributed by atoms with E-state index in [-0.39, 0.29) is 5.02 Å². The van der Waals surface area contributed by atoms with Crippen LogP contribution < -0.4 is 10.1 Å². The fourth-order valence-corrected chi connectivity index (χ4v) is 1.97. The second kappa shape index (κ2) is 10.0. The molecule has 1 aromatic rings. The van der Waals surface area contributed by atoms with Gasteiger partial charge < -0.3 is 10.1 Å². The number of ether oxygens (including phenoxy) is 1. The van der Waals surface area contributed by atoms with Gasteiger partial charge in [0.2, 0.25) is 0 Å². The molecule has 0 saturated carbocycles. The van der Waals surface area contributed by atoms with E-state index >= 15 is 0 Å². The maximum Gasteiger partial charge on any atom is 0.145 e. The Labute approximate surface area is 126 Å². The molecule has 0 fully saturated rings. The van der Waals surface area contributed by atoms with Crippen molar-refractivity contribution in [1.82, 2.24) is 5.32 Å². The Kier molecular flexibility index (Phi) is 8.63. The summed E-state index contributed by atoms with van der Waals surface area (Å²) >= 11 is 5.61. The van der Waals surface area contributed by atoms with Crippen LogP contribution in [-0.2, 0) is 0 Å². The molecule has 1 rings (SSSR count). The van der Waals surface area contributed by atoms with Gasteiger partial charge in [-0.15, -0.1) is 0 Å². The zero-order valence-electron chi connectivity index (χ0n) is 12.4. The molecule has 0 saturated heterocycles. The third-order valence-electron chi connectivity index (χ3n) is 2.96. The fourth-order valence-electron chi connectivity index (χ4n) is 1.85. The summed E-state index contributed by atoms with van der Waals surface area (Å²) in [7, 11) is 0. The van der Waals surface area contributed by atoms with Gasteiger partial charge in [-0.05, 0) is 44.0 Å². The van der Waals surface area contributed by atoms with Gasteiger partial charge in [0, 0.05) is 6.07 Å². The van der Waals surface area contributed by atoms with Crippen molar-refractivity contribution in [2.24, 2.45) is 5.92 Å². The number of rotatable bonds is 10. The molecule has 114 valence electrons. The molecule has 1 N–H and O–H groups in total. The zero-order valence-corrected chi connectivity index (χ0v) is 13.2. The first kappa shape index (κ1) is 17.3. The van der Waals surface area contributed by atoms with Gasteiger partial charge in [-0.3, -0.25) is 0 Å². The molecule has 20 heavy (non-hydrogen) atoms. The minimum absolute atomic E-state index is 0.131. The van der Waals surface area contributed by atoms with E-state index in [0.29, 0.717) is 18.3 Å². The lowest BCUT2D eigenvalue weighted by atomic mass is 10.2. The summed E-state index contributed by atoms with van der Waals surface area (Å²) in [4.78, 5) is 0. The predicted molar refractivity (Wildman–Crippen MR) is 83.1 cm³/mol. The Balaban J connectivity index is 1.98. The van der Waals surface area contributed by atoms with E-state index in [1.807, 2.05) is 0 Å². The summed E-state index contributed by atoms with van der Waals surface area (Å²) in [6.07, 6.45) is 4.53. The van der Waals surface area contributed by atoms with Gasteiger partial charge in [-0.1, -0.05) is 38.3 Å². The molecule has 2 nitrogen and oxygen atoms in total. The molecule has 0 bridgehead atoms. The van der Waals surface area contributed by atoms with Gasteiger partial charge in [0.1, 0.15) is 11.6 Å². The number of hydrogen-bond acceptors (Lipinski definition) is 2. The summed E-state index contributed by atoms with van der Waals surface area (Å²) in [5.41, 5.74) is 0. The highest BCUT2D eigenvalue weighted by atomic mass is 35.5. The third kappa shape index (κ3) is 7.71. The van der Waals surface area contributed by atoms with Gasteiger partial charge in [0.25, 0.3) is 0 Å². The van der Waals surface area contributed by atoms with Gasteiger partial charge in [-0.2, -0.15) is 0 Å². The molecule has 1 aromatic carbocycles. The van der Waals surface area contributed by atoms with Crippen molar-refractivity contribution in [2.45, 2.75) is 39.5 Å². The van der Waals surface area contributed by atoms with E-state index in [4.69, 9.17) is 16.3 Å². The van der Waals surface area contributed by atoms with E-state index in [0.717, 1.165) is 25.9 Å². The van der Waals surface area contributed by atoms with E-state index in [2.05, 4.69) is 19.2 Å². The minimum Gasteiger partial charge on any atom is -0.493 e. The van der Waals surface area contributed by atoms with Crippen LogP contribution in [0.1, 0.15) is 39.5 Å². The van der Waals surface area contributed by atoms with E-state index in [1.165, 1.54) is 25.0 Å². The average molecular weight is 302 g/mol. The monoisotopic (exact) mass is 301 g/mol. The Morgan fingerprint density at radius 2 is 1.95 bits per heavy atom. The molecule has 0 aliphatic heterocycles. The summed E-state index contributed by atoms with van der Waals surface area (Å²) in [6.45, 7) is 7.22. The molecule has 0 aliphatic rings. The number of hydrogen-bond donors (Lipinski definition) is 1. The summed E-state index contributed by atoms with van der Waals surface area (Å²) in [5, 5.41) is 3.56. The molecular weight excluding hydrogens is 277 g/mol. The number of benzene rings is 1. The summed E-state index contributed by atoms with van der Waals surface area (Å²) in [6, 6.07) is 4.55. The second-order valence-electron chi connectivity index (χ2n) is 5.44. The Hall–Kier alpha value is -0.800. The maximum atomic E-state index is 13.2. The average Bonchev–Trinajstić information content (AvgIpc) is 2.40. The van der Waals surface area contributed by atoms with Crippen LogP contribution in [0.2, 0.25) is 5.02 Å². The molecule has 0 spiro atoms. The molecule has 4 heteroatoms. The van der Waals surface area contributed by atoms with Crippen LogP contribution >= 0.6 is 11.6 Å². The largest absolute Gasteiger partial charge is 0.493 e. The van der Waals surface area contributed by atoms with E-state index in [1.54, 1.807) is 6.07 Å². The maximum absolute atomic E-state index is 13.2. The van der Waals surface area contributed by atoms with Gasteiger partial charge >= 0.3 is 0 Å². The Bertz CT molecular complexity index is 385. The Morgan fingerprint density at radius 3 is 2.65 bits per heavy atom. The predicted octanol–water partition coefficient (Wildman–Crippen LogP) is 4.66. The van der Waals surface area contributed by atoms with Crippen LogP contribution in [-0.4, -0.2) is 19.7 Å². The van der Waals surface area contributed by atoms with Crippen LogP contribution in [0.5, 0.6) is 5.75 Å². The van der Waals surface area contributed by atoms with Crippen molar-refractivity contribution in [2.75, 3.05) is 19.7 Å². The molecule has 0 radical (unpaired) electrons. The van der Waals surface area contributed by atoms with E-state index < -0.39 is 5.82 Å². The lowest BCUT2D eigenvalue weighted by molar-refractivity contribution is 0.303. The number of halogens is 2. The standard InChI is InChI=1S/C16H25ClFNO/c1-13(2)12-19-9-5-3-4-6-10-20-14-7-8-15(17)16(18)11-14/h7-8,11,13,19H,3-6,9-10,12H2,1-2H3. The molecule has 0 heterocycles. The lowest BCUT2D eigenvalue weighted by Gasteiger charge is -2.08. The van der Waals surface area contributed by atoms with Gasteiger partial charge in [0.15, 0.2) is 0 Å². The first-order valence-electron chi connectivity index (χ1n) is 7.38. The molecule has 0 atom stereocenters. The van der Waals surface area contributed by atoms with Gasteiger partial charge in [-0.25, -0.2) is 4.39 Å². The van der Waals surface area contributed by atoms with Crippen molar-refractivity contribution in [3.8, 4) is 5.75 Å². The highest BCUT2D eigenvalue weighted by Gasteiger charge is 2.01. The number of unbranched alkanes of at least 4 members (excludes halogenated alkanes) is 3. The van der Waals surface area contributed by atoms with Crippen LogP contribution in [0.4, 0.5) is 4.39 Å². The molecule has 0 aliphatic carbocycles. The normalized spacial score (nSPS) is 11.1. The topological polar surface area (TPSA) is 21.3 Å². The van der Waals surface area contributed by atoms with Crippen LogP contribution in [0.25, 0.3) is 0 Å². The van der Waals surface area contributed by atoms with Crippen LogP contribution in [0.15, 0.2) is 18.2 Å². The number of nitrogens with one attached hydrogen (secondary N) is 1. The molecular formula is C16H25ClFNO. The fraction of sp³-hybridized carbons (Fsp3) is 0.625. The van der Waals surface area contributed by atoms with Gasteiger partial charge in [0.05, 0.1) is 11.6 Å². The second-order valence-corrected chi connectivity index (χ2v) is 5.84. The molecule has 0 aromatic heterocycles. The summed E-state index contributed by atoms with van der Waals surface area (Å²) < 4.78 is 18.7. The zero-order chi connectivity index (χ0) is 14.8. The van der Waals surface area contributed by atoms with Crippen LogP contribution in [0.3, 0.4) is 0 Å². The highest BCUT2D eigenvalue weighted by Crippen LogP contribution is 2.20. The third-order valence-corrected chi connectivity index (χ3v) is 3.27. The summed E-state index contributed by atoms with van der Waals surface area (Å²) in [5.74, 6) is 0.828. The highest BCUT2D eigenvalue weighted by molar-refractivity contribution is 6.30. The quantitative estimate of drug-likeness (QED) is 0.634. The first-order valence-corrected chi connectivity index (χ1v) is 7.76. The minimum atomic E-state index is -0.430. The molecule has 0 unspecified atom stereocenters. The smallest absolute Gasteiger partial charge is 0.145 e. The van der Waals surface area contributed by atoms with E-state index in [9.17, 15) is 4.39 Å². The SMILES string of the molecule is CC(C)CNCCCCCCOc1ccc(Cl)c(F)c1. The first-order chi connectivity index (χ1) is 9.59. The van der Waals surface area contributed by atoms with Crippen molar-refractivity contribution in [3.63, 3.8) is 0 Å². The van der Waals surface area contributed by atoms with Crippen molar-refractivity contribution >= 4 is 11.6 Å². The lowest BCUT2D eigenvalue weighted by Crippen LogP contribution is -2.20. The van der Waals surface area contributed by atoms with Crippen LogP contribution in [0, 0.1) is 11.7 Å². The van der Waals surface area contributed by atoms with Crippen molar-refractivity contribution < 1.29 is 9.13 Å². The molecule has 0 amide bonds. The van der Waals surface area contributed by atoms with Crippen molar-refractivity contribution in [3.05, 3.63) is 29.0 Å².